The van der Waals surface area contributed by atoms with Crippen LogP contribution in [0.1, 0.15) is 45.1 Å². The van der Waals surface area contributed by atoms with Crippen LogP contribution in [-0.4, -0.2) is 11.2 Å². The molecule has 0 amide bonds. The monoisotopic (exact) mass is 220 g/mol. The van der Waals surface area contributed by atoms with Crippen molar-refractivity contribution in [2.75, 3.05) is 0 Å². The Morgan fingerprint density at radius 1 is 1.00 bits per heavy atom. The molecule has 0 saturated heterocycles. The lowest BCUT2D eigenvalue weighted by Gasteiger charge is -2.13. The second-order valence-electron chi connectivity index (χ2n) is 4.80. The second-order valence-corrected chi connectivity index (χ2v) is 4.80. The maximum atomic E-state index is 9.36. The summed E-state index contributed by atoms with van der Waals surface area (Å²) >= 11 is 0. The third kappa shape index (κ3) is 5.32. The molecule has 1 aromatic carbocycles. The number of hydrogen-bond acceptors (Lipinski definition) is 1. The maximum absolute atomic E-state index is 9.36. The molecule has 0 aromatic heterocycles. The largest absolute Gasteiger partial charge is 0.393 e. The lowest BCUT2D eigenvalue weighted by molar-refractivity contribution is 0.128. The van der Waals surface area contributed by atoms with Crippen molar-refractivity contribution in [2.24, 2.45) is 5.92 Å². The molecule has 1 heteroatoms. The van der Waals surface area contributed by atoms with E-state index < -0.39 is 0 Å². The first-order chi connectivity index (χ1) is 7.70. The van der Waals surface area contributed by atoms with Crippen LogP contribution in [0, 0.1) is 5.92 Å². The standard InChI is InChI=1S/C15H24O/c1-13(14(2)16)9-5-3-6-10-15-11-7-4-8-12-15/h4,7-8,11-14,16H,3,5-6,9-10H2,1-2H3. The molecule has 0 heterocycles. The van der Waals surface area contributed by atoms with E-state index in [9.17, 15) is 5.11 Å². The molecular formula is C15H24O. The zero-order valence-electron chi connectivity index (χ0n) is 10.5. The molecule has 0 radical (unpaired) electrons. The molecule has 2 unspecified atom stereocenters. The van der Waals surface area contributed by atoms with Crippen molar-refractivity contribution in [2.45, 2.75) is 52.1 Å². The van der Waals surface area contributed by atoms with Crippen LogP contribution in [0.2, 0.25) is 0 Å². The van der Waals surface area contributed by atoms with Crippen molar-refractivity contribution >= 4 is 0 Å². The molecule has 0 aliphatic heterocycles. The van der Waals surface area contributed by atoms with Gasteiger partial charge in [-0.25, -0.2) is 0 Å². The Bertz CT molecular complexity index is 266. The first-order valence-corrected chi connectivity index (χ1v) is 6.42. The first-order valence-electron chi connectivity index (χ1n) is 6.42. The van der Waals surface area contributed by atoms with Gasteiger partial charge in [0, 0.05) is 0 Å². The second kappa shape index (κ2) is 7.45. The lowest BCUT2D eigenvalue weighted by atomic mass is 9.97. The summed E-state index contributed by atoms with van der Waals surface area (Å²) in [6.07, 6.45) is 5.94. The van der Waals surface area contributed by atoms with E-state index in [2.05, 4.69) is 37.3 Å². The minimum Gasteiger partial charge on any atom is -0.393 e. The van der Waals surface area contributed by atoms with E-state index in [0.717, 1.165) is 6.42 Å². The number of rotatable bonds is 7. The fraction of sp³-hybridized carbons (Fsp3) is 0.600. The molecule has 1 rings (SSSR count). The van der Waals surface area contributed by atoms with Crippen molar-refractivity contribution in [3.05, 3.63) is 35.9 Å². The van der Waals surface area contributed by atoms with E-state index in [1.54, 1.807) is 0 Å². The molecule has 0 bridgehead atoms. The molecule has 0 aliphatic rings. The molecule has 1 aromatic rings. The molecule has 2 atom stereocenters. The van der Waals surface area contributed by atoms with E-state index in [0.29, 0.717) is 5.92 Å². The number of unbranched alkanes of at least 4 members (excludes halogenated alkanes) is 2. The smallest absolute Gasteiger partial charge is 0.0537 e. The van der Waals surface area contributed by atoms with Crippen molar-refractivity contribution in [3.8, 4) is 0 Å². The normalized spacial score (nSPS) is 14.7. The average molecular weight is 220 g/mol. The highest BCUT2D eigenvalue weighted by atomic mass is 16.3. The topological polar surface area (TPSA) is 20.2 Å². The van der Waals surface area contributed by atoms with E-state index in [1.165, 1.54) is 31.2 Å². The molecule has 1 nitrogen and oxygen atoms in total. The van der Waals surface area contributed by atoms with E-state index in [1.807, 2.05) is 6.92 Å². The van der Waals surface area contributed by atoms with Crippen LogP contribution in [-0.2, 0) is 6.42 Å². The molecule has 16 heavy (non-hydrogen) atoms. The highest BCUT2D eigenvalue weighted by molar-refractivity contribution is 5.14. The number of aliphatic hydroxyl groups excluding tert-OH is 1. The Kier molecular flexibility index (Phi) is 6.17. The fourth-order valence-corrected chi connectivity index (χ4v) is 1.86. The van der Waals surface area contributed by atoms with Gasteiger partial charge in [-0.1, -0.05) is 50.1 Å². The molecule has 0 spiro atoms. The van der Waals surface area contributed by atoms with Gasteiger partial charge in [-0.3, -0.25) is 0 Å². The summed E-state index contributed by atoms with van der Waals surface area (Å²) in [5.74, 6) is 0.441. The van der Waals surface area contributed by atoms with Crippen molar-refractivity contribution < 1.29 is 5.11 Å². The van der Waals surface area contributed by atoms with Gasteiger partial charge in [-0.15, -0.1) is 0 Å². The first kappa shape index (κ1) is 13.2. The zero-order valence-corrected chi connectivity index (χ0v) is 10.5. The molecule has 90 valence electrons. The quantitative estimate of drug-likeness (QED) is 0.693. The van der Waals surface area contributed by atoms with Crippen LogP contribution in [0.25, 0.3) is 0 Å². The zero-order chi connectivity index (χ0) is 11.8. The summed E-state index contributed by atoms with van der Waals surface area (Å²) < 4.78 is 0. The summed E-state index contributed by atoms with van der Waals surface area (Å²) in [5.41, 5.74) is 1.44. The maximum Gasteiger partial charge on any atom is 0.0537 e. The number of aliphatic hydroxyl groups is 1. The highest BCUT2D eigenvalue weighted by Gasteiger charge is 2.07. The molecule has 0 aliphatic carbocycles. The van der Waals surface area contributed by atoms with E-state index in [4.69, 9.17) is 0 Å². The minimum atomic E-state index is -0.158. The summed E-state index contributed by atoms with van der Waals surface area (Å²) in [5, 5.41) is 9.36. The van der Waals surface area contributed by atoms with Crippen LogP contribution >= 0.6 is 0 Å². The van der Waals surface area contributed by atoms with Crippen LogP contribution < -0.4 is 0 Å². The van der Waals surface area contributed by atoms with Gasteiger partial charge >= 0.3 is 0 Å². The van der Waals surface area contributed by atoms with E-state index in [-0.39, 0.29) is 6.10 Å². The lowest BCUT2D eigenvalue weighted by Crippen LogP contribution is -2.12. The van der Waals surface area contributed by atoms with Crippen LogP contribution in [0.15, 0.2) is 30.3 Å². The van der Waals surface area contributed by atoms with Crippen LogP contribution in [0.4, 0.5) is 0 Å². The summed E-state index contributed by atoms with van der Waals surface area (Å²) in [7, 11) is 0. The predicted molar refractivity (Wildman–Crippen MR) is 69.5 cm³/mol. The third-order valence-electron chi connectivity index (χ3n) is 3.29. The highest BCUT2D eigenvalue weighted by Crippen LogP contribution is 2.14. The Morgan fingerprint density at radius 2 is 1.69 bits per heavy atom. The summed E-state index contributed by atoms with van der Waals surface area (Å²) in [6.45, 7) is 4.01. The van der Waals surface area contributed by atoms with Crippen LogP contribution in [0.5, 0.6) is 0 Å². The van der Waals surface area contributed by atoms with Gasteiger partial charge in [0.25, 0.3) is 0 Å². The number of hydrogen-bond donors (Lipinski definition) is 1. The van der Waals surface area contributed by atoms with Gasteiger partial charge in [0.1, 0.15) is 0 Å². The Balaban J connectivity index is 2.04. The molecule has 0 fully saturated rings. The van der Waals surface area contributed by atoms with Crippen molar-refractivity contribution in [3.63, 3.8) is 0 Å². The SMILES string of the molecule is CC(O)C(C)CCCCCc1ccccc1. The minimum absolute atomic E-state index is 0.158. The number of aryl methyl sites for hydroxylation is 1. The number of benzene rings is 1. The van der Waals surface area contributed by atoms with E-state index >= 15 is 0 Å². The van der Waals surface area contributed by atoms with Crippen molar-refractivity contribution in [1.82, 2.24) is 0 Å². The van der Waals surface area contributed by atoms with Gasteiger partial charge in [0.15, 0.2) is 0 Å². The van der Waals surface area contributed by atoms with Crippen LogP contribution in [0.3, 0.4) is 0 Å². The Hall–Kier alpha value is -0.820. The van der Waals surface area contributed by atoms with Gasteiger partial charge in [0.05, 0.1) is 6.10 Å². The third-order valence-corrected chi connectivity index (χ3v) is 3.29. The van der Waals surface area contributed by atoms with Crippen molar-refractivity contribution in [1.29, 1.82) is 0 Å². The van der Waals surface area contributed by atoms with Gasteiger partial charge in [0.2, 0.25) is 0 Å². The van der Waals surface area contributed by atoms with Gasteiger partial charge in [-0.05, 0) is 37.7 Å². The molecular weight excluding hydrogens is 196 g/mol. The Morgan fingerprint density at radius 3 is 2.31 bits per heavy atom. The summed E-state index contributed by atoms with van der Waals surface area (Å²) in [4.78, 5) is 0. The fourth-order valence-electron chi connectivity index (χ4n) is 1.86. The van der Waals surface area contributed by atoms with Gasteiger partial charge < -0.3 is 5.11 Å². The predicted octanol–water partition coefficient (Wildman–Crippen LogP) is 3.81. The summed E-state index contributed by atoms with van der Waals surface area (Å²) in [6, 6.07) is 10.7. The average Bonchev–Trinajstić information content (AvgIpc) is 2.29. The molecule has 0 saturated carbocycles. The van der Waals surface area contributed by atoms with Gasteiger partial charge in [-0.2, -0.15) is 0 Å². The Labute approximate surface area is 99.5 Å². The molecule has 1 N–H and O–H groups in total.